The fraction of sp³-hybridized carbons (Fsp3) is 0.458. The Balaban J connectivity index is 0.000000451. The van der Waals surface area contributed by atoms with Gasteiger partial charge in [0.15, 0.2) is 0 Å². The zero-order valence-corrected chi connectivity index (χ0v) is 20.1. The fourth-order valence-electron chi connectivity index (χ4n) is 2.67. The van der Waals surface area contributed by atoms with Crippen LogP contribution < -0.4 is 15.4 Å². The molecule has 1 aliphatic heterocycles. The van der Waals surface area contributed by atoms with Gasteiger partial charge >= 0.3 is 0 Å². The van der Waals surface area contributed by atoms with E-state index in [0.29, 0.717) is 31.3 Å². The van der Waals surface area contributed by atoms with E-state index in [-0.39, 0.29) is 12.5 Å². The molecule has 1 aromatic heterocycles. The quantitative estimate of drug-likeness (QED) is 0.442. The molecule has 1 atom stereocenters. The number of allylic oxidation sites excluding steroid dienone is 1. The Bertz CT molecular complexity index is 817. The number of amides is 2. The summed E-state index contributed by atoms with van der Waals surface area (Å²) in [6.45, 7) is 10.1. The molecule has 0 bridgehead atoms. The topological polar surface area (TPSA) is 97.7 Å². The number of nitrogens with zero attached hydrogens (tertiary/aromatic N) is 3. The van der Waals surface area contributed by atoms with Crippen molar-refractivity contribution in [2.75, 3.05) is 45.8 Å². The van der Waals surface area contributed by atoms with Gasteiger partial charge in [0.2, 0.25) is 12.3 Å². The largest absolute Gasteiger partial charge is 0.492 e. The predicted molar refractivity (Wildman–Crippen MR) is 130 cm³/mol. The first-order chi connectivity index (χ1) is 15.9. The van der Waals surface area contributed by atoms with Gasteiger partial charge in [-0.15, -0.1) is 6.58 Å². The molecule has 2 aromatic rings. The number of carbonyl (C=O) groups excluding carboxylic acids is 2. The maximum absolute atomic E-state index is 12.1. The number of aryl methyl sites for hydroxylation is 1. The lowest BCUT2D eigenvalue weighted by Crippen LogP contribution is -2.33. The van der Waals surface area contributed by atoms with E-state index in [1.807, 2.05) is 45.2 Å². The van der Waals surface area contributed by atoms with Crippen molar-refractivity contribution in [1.29, 1.82) is 0 Å². The van der Waals surface area contributed by atoms with Crippen LogP contribution in [0.5, 0.6) is 5.75 Å². The minimum Gasteiger partial charge on any atom is -0.492 e. The number of carbonyl (C=O) groups is 2. The Kier molecular flexibility index (Phi) is 13.9. The lowest BCUT2D eigenvalue weighted by molar-refractivity contribution is -0.131. The van der Waals surface area contributed by atoms with Crippen molar-refractivity contribution in [3.8, 4) is 5.75 Å². The molecule has 1 saturated heterocycles. The Hall–Kier alpha value is -3.17. The summed E-state index contributed by atoms with van der Waals surface area (Å²) in [6.07, 6.45) is 6.58. The lowest BCUT2D eigenvalue weighted by atomic mass is 10.2. The van der Waals surface area contributed by atoms with Gasteiger partial charge in [0, 0.05) is 25.9 Å². The van der Waals surface area contributed by atoms with Crippen molar-refractivity contribution < 1.29 is 19.1 Å². The third-order valence-corrected chi connectivity index (χ3v) is 4.64. The third kappa shape index (κ3) is 11.9. The number of nitrogens with one attached hydrogen (secondary N) is 2. The van der Waals surface area contributed by atoms with Crippen LogP contribution in [0.2, 0.25) is 0 Å². The number of rotatable bonds is 9. The molecular formula is C24H37N5O4. The van der Waals surface area contributed by atoms with E-state index in [2.05, 4.69) is 22.3 Å². The van der Waals surface area contributed by atoms with Gasteiger partial charge in [-0.1, -0.05) is 23.8 Å². The number of anilines is 1. The summed E-state index contributed by atoms with van der Waals surface area (Å²) in [7, 11) is 3.69. The van der Waals surface area contributed by atoms with Crippen molar-refractivity contribution in [2.24, 2.45) is 0 Å². The highest BCUT2D eigenvalue weighted by Crippen LogP contribution is 2.11. The van der Waals surface area contributed by atoms with Crippen molar-refractivity contribution >= 4 is 18.0 Å². The second-order valence-corrected chi connectivity index (χ2v) is 7.42. The summed E-state index contributed by atoms with van der Waals surface area (Å²) in [5.74, 6) is 0.700. The van der Waals surface area contributed by atoms with Crippen molar-refractivity contribution in [2.45, 2.75) is 32.9 Å². The third-order valence-electron chi connectivity index (χ3n) is 4.64. The van der Waals surface area contributed by atoms with Crippen LogP contribution >= 0.6 is 0 Å². The fourth-order valence-corrected chi connectivity index (χ4v) is 2.67. The molecule has 9 nitrogen and oxygen atoms in total. The van der Waals surface area contributed by atoms with Crippen LogP contribution in [0.25, 0.3) is 0 Å². The van der Waals surface area contributed by atoms with Crippen molar-refractivity contribution in [1.82, 2.24) is 20.0 Å². The van der Waals surface area contributed by atoms with E-state index >= 15 is 0 Å². The number of likely N-dealkylation sites (N-methyl/N-ethyl adjacent to an activating group) is 2. The molecule has 1 fully saturated rings. The first kappa shape index (κ1) is 27.9. The van der Waals surface area contributed by atoms with Crippen LogP contribution in [-0.4, -0.2) is 73.5 Å². The number of hydrogen-bond acceptors (Lipinski definition) is 6. The molecule has 0 unspecified atom stereocenters. The normalized spacial score (nSPS) is 14.1. The molecule has 3 rings (SSSR count). The van der Waals surface area contributed by atoms with Crippen LogP contribution in [0.4, 0.5) is 5.69 Å². The maximum Gasteiger partial charge on any atom is 0.244 e. The first-order valence-electron chi connectivity index (χ1n) is 10.9. The summed E-state index contributed by atoms with van der Waals surface area (Å²) < 4.78 is 12.2. The average Bonchev–Trinajstić information content (AvgIpc) is 3.48. The van der Waals surface area contributed by atoms with Crippen LogP contribution in [0.15, 0.2) is 49.3 Å². The van der Waals surface area contributed by atoms with Gasteiger partial charge in [-0.2, -0.15) is 5.10 Å². The highest BCUT2D eigenvalue weighted by atomic mass is 16.5. The minimum absolute atomic E-state index is 0.0849. The molecule has 2 amide bonds. The van der Waals surface area contributed by atoms with Gasteiger partial charge in [0.1, 0.15) is 18.9 Å². The number of ether oxygens (including phenoxy) is 2. The molecule has 182 valence electrons. The van der Waals surface area contributed by atoms with Gasteiger partial charge in [0.25, 0.3) is 0 Å². The molecule has 9 heteroatoms. The van der Waals surface area contributed by atoms with E-state index in [1.165, 1.54) is 22.9 Å². The molecule has 2 N–H and O–H groups in total. The number of aromatic nitrogens is 2. The summed E-state index contributed by atoms with van der Waals surface area (Å²) >= 11 is 0. The zero-order valence-electron chi connectivity index (χ0n) is 20.1. The van der Waals surface area contributed by atoms with Crippen molar-refractivity contribution in [3.63, 3.8) is 0 Å². The second kappa shape index (κ2) is 16.5. The number of benzene rings is 1. The maximum atomic E-state index is 12.1. The molecule has 1 aromatic carbocycles. The van der Waals surface area contributed by atoms with E-state index in [1.54, 1.807) is 24.2 Å². The molecular weight excluding hydrogens is 422 g/mol. The molecule has 2 heterocycles. The summed E-state index contributed by atoms with van der Waals surface area (Å²) in [5.41, 5.74) is 1.73. The minimum atomic E-state index is -0.0849. The van der Waals surface area contributed by atoms with Gasteiger partial charge in [-0.05, 0) is 39.4 Å². The van der Waals surface area contributed by atoms with Gasteiger partial charge in [0.05, 0.1) is 25.0 Å². The SMILES string of the molecule is C=CC.CN[C@@H]1CCOC1.Cc1ccc(OCCN(C)C(=O)Cn2cc(NC=O)cn2)cc1. The molecule has 33 heavy (non-hydrogen) atoms. The van der Waals surface area contributed by atoms with Crippen molar-refractivity contribution in [3.05, 3.63) is 54.9 Å². The standard InChI is InChI=1S/C16H20N4O3.C5H11NO.C3H6/c1-13-3-5-15(6-4-13)23-8-7-19(2)16(22)11-20-10-14(9-18-20)17-12-21;1-6-5-2-3-7-4-5;1-3-2/h3-6,9-10,12H,7-8,11H2,1-2H3,(H,17,21);5-6H,2-4H2,1H3;3H,1H2,2H3/t;5-;/m.1./s1. The average molecular weight is 460 g/mol. The molecule has 0 aliphatic carbocycles. The Morgan fingerprint density at radius 3 is 2.64 bits per heavy atom. The summed E-state index contributed by atoms with van der Waals surface area (Å²) in [4.78, 5) is 24.0. The summed E-state index contributed by atoms with van der Waals surface area (Å²) in [5, 5.41) is 9.63. The van der Waals surface area contributed by atoms with E-state index < -0.39 is 0 Å². The summed E-state index contributed by atoms with van der Waals surface area (Å²) in [6, 6.07) is 8.39. The van der Waals surface area contributed by atoms with Gasteiger partial charge < -0.3 is 25.0 Å². The highest BCUT2D eigenvalue weighted by molar-refractivity contribution is 5.76. The highest BCUT2D eigenvalue weighted by Gasteiger charge is 2.11. The molecule has 1 aliphatic rings. The second-order valence-electron chi connectivity index (χ2n) is 7.42. The predicted octanol–water partition coefficient (Wildman–Crippen LogP) is 2.48. The monoisotopic (exact) mass is 459 g/mol. The van der Waals surface area contributed by atoms with Gasteiger partial charge in [-0.3, -0.25) is 14.3 Å². The Morgan fingerprint density at radius 1 is 1.39 bits per heavy atom. The zero-order chi connectivity index (χ0) is 24.5. The lowest BCUT2D eigenvalue weighted by Gasteiger charge is -2.17. The van der Waals surface area contributed by atoms with E-state index in [4.69, 9.17) is 9.47 Å². The van der Waals surface area contributed by atoms with Crippen LogP contribution in [0, 0.1) is 6.92 Å². The van der Waals surface area contributed by atoms with E-state index in [0.717, 1.165) is 19.0 Å². The first-order valence-corrected chi connectivity index (χ1v) is 10.9. The smallest absolute Gasteiger partial charge is 0.244 e. The molecule has 0 radical (unpaired) electrons. The van der Waals surface area contributed by atoms with Crippen LogP contribution in [-0.2, 0) is 20.9 Å². The van der Waals surface area contributed by atoms with Gasteiger partial charge in [-0.25, -0.2) is 0 Å². The van der Waals surface area contributed by atoms with Crippen LogP contribution in [0.3, 0.4) is 0 Å². The Morgan fingerprint density at radius 2 is 2.09 bits per heavy atom. The van der Waals surface area contributed by atoms with Crippen LogP contribution in [0.1, 0.15) is 18.9 Å². The molecule has 0 saturated carbocycles. The number of hydrogen-bond donors (Lipinski definition) is 2. The van der Waals surface area contributed by atoms with E-state index in [9.17, 15) is 9.59 Å². The Labute approximate surface area is 196 Å². The molecule has 0 spiro atoms.